The van der Waals surface area contributed by atoms with E-state index in [9.17, 15) is 9.59 Å². The molecule has 21 heavy (non-hydrogen) atoms. The standard InChI is InChI=1S/C15H28N2O3S/c1-11(15(19)20)4-3-5-12(2)17-14(18)10-21-13-6-8-16-9-7-13/h11-13,16H,3-10H2,1-2H3,(H,17,18)(H,19,20). The zero-order valence-electron chi connectivity index (χ0n) is 13.1. The molecule has 1 aliphatic heterocycles. The molecule has 5 nitrogen and oxygen atoms in total. The molecule has 1 heterocycles. The molecule has 0 aromatic heterocycles. The third-order valence-electron chi connectivity index (χ3n) is 3.84. The van der Waals surface area contributed by atoms with Crippen molar-refractivity contribution in [1.82, 2.24) is 10.6 Å². The summed E-state index contributed by atoms with van der Waals surface area (Å²) < 4.78 is 0. The van der Waals surface area contributed by atoms with E-state index >= 15 is 0 Å². The van der Waals surface area contributed by atoms with Crippen LogP contribution in [0.4, 0.5) is 0 Å². The lowest BCUT2D eigenvalue weighted by Crippen LogP contribution is -2.35. The first-order chi connectivity index (χ1) is 9.99. The first-order valence-corrected chi connectivity index (χ1v) is 8.88. The molecule has 0 radical (unpaired) electrons. The van der Waals surface area contributed by atoms with E-state index < -0.39 is 5.97 Å². The lowest BCUT2D eigenvalue weighted by atomic mass is 10.0. The van der Waals surface area contributed by atoms with Gasteiger partial charge in [0.05, 0.1) is 11.7 Å². The minimum Gasteiger partial charge on any atom is -0.481 e. The minimum atomic E-state index is -0.745. The smallest absolute Gasteiger partial charge is 0.306 e. The maximum absolute atomic E-state index is 11.9. The van der Waals surface area contributed by atoms with Crippen molar-refractivity contribution in [2.45, 2.75) is 57.2 Å². The third-order valence-corrected chi connectivity index (χ3v) is 5.21. The molecule has 0 aromatic rings. The van der Waals surface area contributed by atoms with Gasteiger partial charge in [0.25, 0.3) is 0 Å². The lowest BCUT2D eigenvalue weighted by molar-refractivity contribution is -0.141. The average molecular weight is 316 g/mol. The Kier molecular flexibility index (Phi) is 8.76. The minimum absolute atomic E-state index is 0.0947. The zero-order valence-corrected chi connectivity index (χ0v) is 13.9. The fraction of sp³-hybridized carbons (Fsp3) is 0.867. The van der Waals surface area contributed by atoms with Crippen LogP contribution in [0, 0.1) is 5.92 Å². The van der Waals surface area contributed by atoms with Gasteiger partial charge in [-0.05, 0) is 45.7 Å². The van der Waals surface area contributed by atoms with Crippen molar-refractivity contribution in [3.63, 3.8) is 0 Å². The second-order valence-electron chi connectivity index (χ2n) is 5.90. The Morgan fingerprint density at radius 2 is 1.95 bits per heavy atom. The molecule has 0 saturated carbocycles. The van der Waals surface area contributed by atoms with E-state index in [0.29, 0.717) is 17.4 Å². The van der Waals surface area contributed by atoms with Crippen LogP contribution in [0.5, 0.6) is 0 Å². The van der Waals surface area contributed by atoms with Crippen LogP contribution in [0.25, 0.3) is 0 Å². The summed E-state index contributed by atoms with van der Waals surface area (Å²) in [5.74, 6) is -0.425. The van der Waals surface area contributed by atoms with Crippen molar-refractivity contribution in [3.8, 4) is 0 Å². The second kappa shape index (κ2) is 10.1. The van der Waals surface area contributed by atoms with Crippen LogP contribution in [-0.2, 0) is 9.59 Å². The molecule has 1 aliphatic rings. The van der Waals surface area contributed by atoms with E-state index in [-0.39, 0.29) is 17.9 Å². The quantitative estimate of drug-likeness (QED) is 0.605. The Hall–Kier alpha value is -0.750. The van der Waals surface area contributed by atoms with Crippen LogP contribution in [0.2, 0.25) is 0 Å². The van der Waals surface area contributed by atoms with Crippen molar-refractivity contribution in [3.05, 3.63) is 0 Å². The first-order valence-electron chi connectivity index (χ1n) is 7.83. The lowest BCUT2D eigenvalue weighted by Gasteiger charge is -2.22. The van der Waals surface area contributed by atoms with Crippen LogP contribution in [0.1, 0.15) is 46.0 Å². The number of rotatable bonds is 9. The van der Waals surface area contributed by atoms with E-state index in [4.69, 9.17) is 5.11 Å². The van der Waals surface area contributed by atoms with Crippen molar-refractivity contribution < 1.29 is 14.7 Å². The molecule has 0 aliphatic carbocycles. The molecule has 0 bridgehead atoms. The number of piperidine rings is 1. The molecule has 1 rings (SSSR count). The molecule has 0 aromatic carbocycles. The number of amides is 1. The summed E-state index contributed by atoms with van der Waals surface area (Å²) in [6, 6.07) is 0.118. The average Bonchev–Trinajstić information content (AvgIpc) is 2.46. The maximum atomic E-state index is 11.9. The van der Waals surface area contributed by atoms with Gasteiger partial charge in [-0.3, -0.25) is 9.59 Å². The largest absolute Gasteiger partial charge is 0.481 e. The molecule has 1 amide bonds. The van der Waals surface area contributed by atoms with Crippen molar-refractivity contribution in [2.24, 2.45) is 5.92 Å². The van der Waals surface area contributed by atoms with E-state index in [0.717, 1.165) is 38.8 Å². The topological polar surface area (TPSA) is 78.4 Å². The van der Waals surface area contributed by atoms with E-state index in [1.807, 2.05) is 6.92 Å². The normalized spacial score (nSPS) is 19.0. The van der Waals surface area contributed by atoms with Gasteiger partial charge >= 0.3 is 5.97 Å². The van der Waals surface area contributed by atoms with Gasteiger partial charge in [0.2, 0.25) is 5.91 Å². The van der Waals surface area contributed by atoms with Crippen LogP contribution < -0.4 is 10.6 Å². The summed E-state index contributed by atoms with van der Waals surface area (Å²) in [7, 11) is 0. The summed E-state index contributed by atoms with van der Waals surface area (Å²) in [5, 5.41) is 15.7. The van der Waals surface area contributed by atoms with Gasteiger partial charge in [-0.15, -0.1) is 11.8 Å². The number of thioether (sulfide) groups is 1. The van der Waals surface area contributed by atoms with Gasteiger partial charge in [0, 0.05) is 11.3 Å². The fourth-order valence-corrected chi connectivity index (χ4v) is 3.44. The number of carboxylic acids is 1. The van der Waals surface area contributed by atoms with Crippen molar-refractivity contribution >= 4 is 23.6 Å². The van der Waals surface area contributed by atoms with Crippen molar-refractivity contribution in [2.75, 3.05) is 18.8 Å². The zero-order chi connectivity index (χ0) is 15.7. The highest BCUT2D eigenvalue weighted by Crippen LogP contribution is 2.19. The Labute approximate surface area is 131 Å². The number of carboxylic acid groups (broad SMARTS) is 1. The summed E-state index contributed by atoms with van der Waals surface area (Å²) in [6.07, 6.45) is 4.61. The predicted molar refractivity (Wildman–Crippen MR) is 86.6 cm³/mol. The van der Waals surface area contributed by atoms with Gasteiger partial charge in [0.15, 0.2) is 0 Å². The Morgan fingerprint density at radius 3 is 2.57 bits per heavy atom. The number of hydrogen-bond donors (Lipinski definition) is 3. The third kappa shape index (κ3) is 8.31. The predicted octanol–water partition coefficient (Wildman–Crippen LogP) is 1.87. The number of carbonyl (C=O) groups is 2. The van der Waals surface area contributed by atoms with Gasteiger partial charge in [-0.25, -0.2) is 0 Å². The van der Waals surface area contributed by atoms with Crippen LogP contribution >= 0.6 is 11.8 Å². The molecular formula is C15H28N2O3S. The summed E-state index contributed by atoms with van der Waals surface area (Å²) in [5.41, 5.74) is 0. The number of nitrogens with one attached hydrogen (secondary N) is 2. The Bertz CT molecular complexity index is 333. The van der Waals surface area contributed by atoms with Gasteiger partial charge < -0.3 is 15.7 Å². The highest BCUT2D eigenvalue weighted by atomic mass is 32.2. The van der Waals surface area contributed by atoms with E-state index in [1.165, 1.54) is 0 Å². The van der Waals surface area contributed by atoms with Crippen molar-refractivity contribution in [1.29, 1.82) is 0 Å². The second-order valence-corrected chi connectivity index (χ2v) is 7.19. The molecule has 3 N–H and O–H groups in total. The SMILES string of the molecule is CC(CCCC(C)C(=O)O)NC(=O)CSC1CCNCC1. The molecule has 6 heteroatoms. The Morgan fingerprint density at radius 1 is 1.29 bits per heavy atom. The molecule has 0 spiro atoms. The maximum Gasteiger partial charge on any atom is 0.306 e. The highest BCUT2D eigenvalue weighted by molar-refractivity contribution is 8.00. The summed E-state index contributed by atoms with van der Waals surface area (Å²) in [4.78, 5) is 22.6. The van der Waals surface area contributed by atoms with Gasteiger partial charge in [-0.2, -0.15) is 0 Å². The molecule has 122 valence electrons. The summed E-state index contributed by atoms with van der Waals surface area (Å²) >= 11 is 1.75. The van der Waals surface area contributed by atoms with Gasteiger partial charge in [0.1, 0.15) is 0 Å². The van der Waals surface area contributed by atoms with E-state index in [2.05, 4.69) is 10.6 Å². The first kappa shape index (κ1) is 18.3. The molecular weight excluding hydrogens is 288 g/mol. The Balaban J connectivity index is 2.08. The molecule has 2 atom stereocenters. The molecule has 1 fully saturated rings. The highest BCUT2D eigenvalue weighted by Gasteiger charge is 2.16. The summed E-state index contributed by atoms with van der Waals surface area (Å²) in [6.45, 7) is 5.81. The van der Waals surface area contributed by atoms with E-state index in [1.54, 1.807) is 18.7 Å². The van der Waals surface area contributed by atoms with Crippen LogP contribution in [0.15, 0.2) is 0 Å². The monoisotopic (exact) mass is 316 g/mol. The fourth-order valence-electron chi connectivity index (χ4n) is 2.40. The molecule has 1 saturated heterocycles. The number of carbonyl (C=O) groups excluding carboxylic acids is 1. The molecule has 2 unspecified atom stereocenters. The number of hydrogen-bond acceptors (Lipinski definition) is 4. The van der Waals surface area contributed by atoms with Crippen LogP contribution in [-0.4, -0.2) is 47.1 Å². The van der Waals surface area contributed by atoms with Crippen LogP contribution in [0.3, 0.4) is 0 Å². The number of aliphatic carboxylic acids is 1. The van der Waals surface area contributed by atoms with Gasteiger partial charge in [-0.1, -0.05) is 13.3 Å².